The van der Waals surface area contributed by atoms with E-state index in [4.69, 9.17) is 0 Å². The molecule has 2 nitrogen and oxygen atoms in total. The zero-order chi connectivity index (χ0) is 14.1. The second-order valence-corrected chi connectivity index (χ2v) is 6.99. The van der Waals surface area contributed by atoms with Gasteiger partial charge in [-0.1, -0.05) is 43.2 Å². The summed E-state index contributed by atoms with van der Waals surface area (Å²) < 4.78 is 0.805. The second kappa shape index (κ2) is 5.26. The van der Waals surface area contributed by atoms with Gasteiger partial charge in [0.25, 0.3) is 0 Å². The number of likely N-dealkylation sites (N-methyl/N-ethyl adjacent to an activating group) is 1. The van der Waals surface area contributed by atoms with Gasteiger partial charge in [-0.05, 0) is 25.3 Å². The lowest BCUT2D eigenvalue weighted by Gasteiger charge is -2.48. The molecule has 3 atom stereocenters. The Balaban J connectivity index is 2.35. The molecule has 2 rings (SSSR count). The molecular formula is C17H28NO+. The number of aliphatic hydroxyl groups is 1. The minimum Gasteiger partial charge on any atom is -0.383 e. The second-order valence-electron chi connectivity index (χ2n) is 6.99. The molecule has 1 saturated carbocycles. The highest BCUT2D eigenvalue weighted by Gasteiger charge is 2.49. The molecule has 106 valence electrons. The summed E-state index contributed by atoms with van der Waals surface area (Å²) in [5.74, 6) is 0.273. The van der Waals surface area contributed by atoms with Crippen LogP contribution >= 0.6 is 0 Å². The fourth-order valence-electron chi connectivity index (χ4n) is 3.49. The summed E-state index contributed by atoms with van der Waals surface area (Å²) in [6, 6.07) is 10.8. The lowest BCUT2D eigenvalue weighted by Crippen LogP contribution is -2.60. The molecule has 3 unspecified atom stereocenters. The normalized spacial score (nSPS) is 30.1. The van der Waals surface area contributed by atoms with E-state index in [1.807, 2.05) is 0 Å². The van der Waals surface area contributed by atoms with E-state index in [1.165, 1.54) is 12.0 Å². The zero-order valence-electron chi connectivity index (χ0n) is 12.8. The first-order chi connectivity index (χ1) is 8.86. The third-order valence-corrected chi connectivity index (χ3v) is 5.01. The van der Waals surface area contributed by atoms with Gasteiger partial charge in [-0.2, -0.15) is 0 Å². The van der Waals surface area contributed by atoms with Crippen molar-refractivity contribution in [3.05, 3.63) is 35.9 Å². The Hall–Kier alpha value is -0.860. The molecule has 1 N–H and O–H groups in total. The highest BCUT2D eigenvalue weighted by molar-refractivity contribution is 5.24. The number of hydrogen-bond acceptors (Lipinski definition) is 1. The first-order valence-electron chi connectivity index (χ1n) is 7.44. The first-order valence-corrected chi connectivity index (χ1v) is 7.44. The Morgan fingerprint density at radius 3 is 2.37 bits per heavy atom. The summed E-state index contributed by atoms with van der Waals surface area (Å²) in [4.78, 5) is 0. The third-order valence-electron chi connectivity index (χ3n) is 5.01. The lowest BCUT2D eigenvalue weighted by atomic mass is 9.68. The fraction of sp³-hybridized carbons (Fsp3) is 0.647. The first kappa shape index (κ1) is 14.5. The maximum absolute atomic E-state index is 11.4. The van der Waals surface area contributed by atoms with Crippen LogP contribution in [0, 0.1) is 0 Å². The molecule has 1 aromatic rings. The van der Waals surface area contributed by atoms with Crippen molar-refractivity contribution in [1.82, 2.24) is 0 Å². The van der Waals surface area contributed by atoms with Gasteiger partial charge in [0, 0.05) is 5.92 Å². The molecule has 0 radical (unpaired) electrons. The Morgan fingerprint density at radius 2 is 1.79 bits per heavy atom. The van der Waals surface area contributed by atoms with Gasteiger partial charge in [0.1, 0.15) is 11.6 Å². The Labute approximate surface area is 117 Å². The average molecular weight is 262 g/mol. The molecule has 0 saturated heterocycles. The van der Waals surface area contributed by atoms with Crippen LogP contribution in [0.5, 0.6) is 0 Å². The van der Waals surface area contributed by atoms with Crippen molar-refractivity contribution >= 4 is 0 Å². The molecule has 19 heavy (non-hydrogen) atoms. The number of nitrogens with zero attached hydrogens (tertiary/aromatic N) is 1. The standard InChI is InChI=1S/C17H28NO/c1-14(18(2,3)4)17(19)13-9-8-12-16(17)15-10-6-5-7-11-15/h5-7,10-11,14,16,19H,8-9,12-13H2,1-4H3/q+1. The molecule has 0 aliphatic heterocycles. The molecule has 0 spiro atoms. The van der Waals surface area contributed by atoms with Crippen molar-refractivity contribution in [3.8, 4) is 0 Å². The van der Waals surface area contributed by atoms with Crippen molar-refractivity contribution in [3.63, 3.8) is 0 Å². The minimum absolute atomic E-state index is 0.234. The quantitative estimate of drug-likeness (QED) is 0.830. The summed E-state index contributed by atoms with van der Waals surface area (Å²) in [5.41, 5.74) is 0.711. The van der Waals surface area contributed by atoms with Gasteiger partial charge >= 0.3 is 0 Å². The summed E-state index contributed by atoms with van der Waals surface area (Å²) >= 11 is 0. The van der Waals surface area contributed by atoms with Crippen LogP contribution in [-0.2, 0) is 0 Å². The Kier molecular flexibility index (Phi) is 4.03. The van der Waals surface area contributed by atoms with Crippen molar-refractivity contribution in [2.45, 2.75) is 50.2 Å². The SMILES string of the molecule is CC(C1(O)CCCCC1c1ccccc1)[N+](C)(C)C. The van der Waals surface area contributed by atoms with Crippen molar-refractivity contribution in [1.29, 1.82) is 0 Å². The predicted molar refractivity (Wildman–Crippen MR) is 80.1 cm³/mol. The van der Waals surface area contributed by atoms with E-state index in [1.54, 1.807) is 0 Å². The summed E-state index contributed by atoms with van der Waals surface area (Å²) in [6.45, 7) is 2.20. The fourth-order valence-corrected chi connectivity index (χ4v) is 3.49. The molecule has 1 aromatic carbocycles. The number of quaternary nitrogens is 1. The van der Waals surface area contributed by atoms with Crippen LogP contribution in [0.25, 0.3) is 0 Å². The molecule has 1 aliphatic carbocycles. The smallest absolute Gasteiger partial charge is 0.123 e. The Bertz CT molecular complexity index is 409. The predicted octanol–water partition coefficient (Wildman–Crippen LogP) is 3.17. The molecule has 2 heteroatoms. The third kappa shape index (κ3) is 2.85. The van der Waals surface area contributed by atoms with Crippen LogP contribution in [0.2, 0.25) is 0 Å². The Morgan fingerprint density at radius 1 is 1.16 bits per heavy atom. The van der Waals surface area contributed by atoms with Gasteiger partial charge in [0.05, 0.1) is 21.1 Å². The van der Waals surface area contributed by atoms with Gasteiger partial charge in [-0.25, -0.2) is 0 Å². The lowest BCUT2D eigenvalue weighted by molar-refractivity contribution is -0.902. The van der Waals surface area contributed by atoms with Crippen LogP contribution in [0.3, 0.4) is 0 Å². The molecule has 1 fully saturated rings. The largest absolute Gasteiger partial charge is 0.383 e. The summed E-state index contributed by atoms with van der Waals surface area (Å²) in [5, 5.41) is 11.4. The van der Waals surface area contributed by atoms with Gasteiger partial charge in [0.2, 0.25) is 0 Å². The van der Waals surface area contributed by atoms with Gasteiger partial charge in [-0.15, -0.1) is 0 Å². The molecule has 0 aromatic heterocycles. The van der Waals surface area contributed by atoms with Crippen LogP contribution in [0.15, 0.2) is 30.3 Å². The van der Waals surface area contributed by atoms with Gasteiger partial charge < -0.3 is 9.59 Å². The molecule has 0 amide bonds. The monoisotopic (exact) mass is 262 g/mol. The van der Waals surface area contributed by atoms with Crippen molar-refractivity contribution in [2.75, 3.05) is 21.1 Å². The maximum atomic E-state index is 11.4. The summed E-state index contributed by atoms with van der Waals surface area (Å²) in [7, 11) is 6.54. The highest BCUT2D eigenvalue weighted by Crippen LogP contribution is 2.44. The molecule has 1 aliphatic rings. The van der Waals surface area contributed by atoms with E-state index < -0.39 is 5.60 Å². The number of hydrogen-bond donors (Lipinski definition) is 1. The van der Waals surface area contributed by atoms with Crippen LogP contribution < -0.4 is 0 Å². The van der Waals surface area contributed by atoms with Crippen molar-refractivity contribution < 1.29 is 9.59 Å². The maximum Gasteiger partial charge on any atom is 0.123 e. The molecule has 0 heterocycles. The van der Waals surface area contributed by atoms with Crippen molar-refractivity contribution in [2.24, 2.45) is 0 Å². The van der Waals surface area contributed by atoms with Gasteiger partial charge in [0.15, 0.2) is 0 Å². The van der Waals surface area contributed by atoms with E-state index in [9.17, 15) is 5.11 Å². The summed E-state index contributed by atoms with van der Waals surface area (Å²) in [6.07, 6.45) is 4.39. The molecular weight excluding hydrogens is 234 g/mol. The van der Waals surface area contributed by atoms with E-state index in [0.29, 0.717) is 0 Å². The molecule has 0 bridgehead atoms. The number of benzene rings is 1. The van der Waals surface area contributed by atoms with E-state index in [0.717, 1.165) is 23.7 Å². The van der Waals surface area contributed by atoms with E-state index in [2.05, 4.69) is 58.4 Å². The minimum atomic E-state index is -0.585. The topological polar surface area (TPSA) is 20.2 Å². The zero-order valence-corrected chi connectivity index (χ0v) is 12.8. The number of rotatable bonds is 3. The van der Waals surface area contributed by atoms with Crippen LogP contribution in [-0.4, -0.2) is 42.4 Å². The van der Waals surface area contributed by atoms with E-state index >= 15 is 0 Å². The van der Waals surface area contributed by atoms with Crippen LogP contribution in [0.1, 0.15) is 44.1 Å². The van der Waals surface area contributed by atoms with E-state index in [-0.39, 0.29) is 12.0 Å². The highest BCUT2D eigenvalue weighted by atomic mass is 16.3. The average Bonchev–Trinajstić information content (AvgIpc) is 2.38. The van der Waals surface area contributed by atoms with Gasteiger partial charge in [-0.3, -0.25) is 0 Å². The van der Waals surface area contributed by atoms with Crippen LogP contribution in [0.4, 0.5) is 0 Å².